The van der Waals surface area contributed by atoms with Gasteiger partial charge in [-0.1, -0.05) is 18.2 Å². The molecule has 4 rings (SSSR count). The smallest absolute Gasteiger partial charge is 0.231 e. The number of nitrogens with one attached hydrogen (secondary N) is 2. The molecule has 3 heterocycles. The Morgan fingerprint density at radius 1 is 1.37 bits per heavy atom. The quantitative estimate of drug-likeness (QED) is 0.726. The van der Waals surface area contributed by atoms with Gasteiger partial charge >= 0.3 is 0 Å². The summed E-state index contributed by atoms with van der Waals surface area (Å²) >= 11 is 1.46. The summed E-state index contributed by atoms with van der Waals surface area (Å²) in [5.74, 6) is -0.161. The molecule has 0 radical (unpaired) electrons. The van der Waals surface area contributed by atoms with Crippen molar-refractivity contribution in [2.24, 2.45) is 5.92 Å². The van der Waals surface area contributed by atoms with Gasteiger partial charge in [-0.05, 0) is 31.4 Å². The Hall–Kier alpha value is -2.67. The van der Waals surface area contributed by atoms with Gasteiger partial charge in [0.1, 0.15) is 0 Å². The molecule has 1 aliphatic rings. The molecule has 6 nitrogen and oxygen atoms in total. The molecule has 1 aromatic carbocycles. The highest BCUT2D eigenvalue weighted by atomic mass is 32.1. The van der Waals surface area contributed by atoms with E-state index in [0.717, 1.165) is 34.2 Å². The predicted molar refractivity (Wildman–Crippen MR) is 107 cm³/mol. The second-order valence-electron chi connectivity index (χ2n) is 6.98. The number of para-hydroxylation sites is 1. The van der Waals surface area contributed by atoms with Crippen LogP contribution in [0.2, 0.25) is 0 Å². The van der Waals surface area contributed by atoms with Gasteiger partial charge in [0.25, 0.3) is 0 Å². The Balaban J connectivity index is 1.40. The molecule has 0 bridgehead atoms. The van der Waals surface area contributed by atoms with Gasteiger partial charge in [0.2, 0.25) is 11.8 Å². The first-order chi connectivity index (χ1) is 13.1. The van der Waals surface area contributed by atoms with Crippen LogP contribution in [0.4, 0.5) is 5.13 Å². The van der Waals surface area contributed by atoms with Crippen LogP contribution in [-0.4, -0.2) is 39.8 Å². The minimum atomic E-state index is -0.185. The lowest BCUT2D eigenvalue weighted by Crippen LogP contribution is -2.44. The minimum Gasteiger partial charge on any atom is -0.361 e. The number of hydrogen-bond acceptors (Lipinski definition) is 4. The number of aromatic nitrogens is 2. The van der Waals surface area contributed by atoms with E-state index in [1.54, 1.807) is 6.20 Å². The maximum Gasteiger partial charge on any atom is 0.231 e. The molecule has 2 aromatic heterocycles. The lowest BCUT2D eigenvalue weighted by atomic mass is 9.96. The van der Waals surface area contributed by atoms with Gasteiger partial charge in [-0.3, -0.25) is 9.59 Å². The standard InChI is InChI=1S/C20H22N4O2S/c1-13-10-22-20(27-13)23-19(26)14-5-4-8-24(12-14)18(25)9-15-11-21-17-7-3-2-6-16(15)17/h2-3,6-7,10-11,14,21H,4-5,8-9,12H2,1H3,(H,22,23,26)/t14-/m0/s1. The Morgan fingerprint density at radius 3 is 3.04 bits per heavy atom. The zero-order valence-corrected chi connectivity index (χ0v) is 16.0. The van der Waals surface area contributed by atoms with E-state index in [1.807, 2.05) is 42.3 Å². The summed E-state index contributed by atoms with van der Waals surface area (Å²) < 4.78 is 0. The zero-order chi connectivity index (χ0) is 18.8. The maximum atomic E-state index is 12.8. The number of thiazole rings is 1. The van der Waals surface area contributed by atoms with Crippen LogP contribution in [0.3, 0.4) is 0 Å². The van der Waals surface area contributed by atoms with Crippen molar-refractivity contribution < 1.29 is 9.59 Å². The first kappa shape index (κ1) is 17.7. The molecule has 1 aliphatic heterocycles. The Bertz CT molecular complexity index is 977. The van der Waals surface area contributed by atoms with E-state index in [9.17, 15) is 9.59 Å². The number of benzene rings is 1. The van der Waals surface area contributed by atoms with Crippen molar-refractivity contribution in [3.05, 3.63) is 47.1 Å². The van der Waals surface area contributed by atoms with Gasteiger partial charge in [-0.2, -0.15) is 0 Å². The van der Waals surface area contributed by atoms with E-state index in [4.69, 9.17) is 0 Å². The molecule has 1 atom stereocenters. The van der Waals surface area contributed by atoms with Gasteiger partial charge in [0.05, 0.1) is 12.3 Å². The van der Waals surface area contributed by atoms with Crippen LogP contribution in [0.25, 0.3) is 10.9 Å². The van der Waals surface area contributed by atoms with Crippen LogP contribution >= 0.6 is 11.3 Å². The number of aryl methyl sites for hydroxylation is 1. The minimum absolute atomic E-state index is 0.0473. The highest BCUT2D eigenvalue weighted by Crippen LogP contribution is 2.23. The molecule has 3 aromatic rings. The number of carbonyl (C=O) groups is 2. The maximum absolute atomic E-state index is 12.8. The van der Waals surface area contributed by atoms with Crippen molar-refractivity contribution in [2.75, 3.05) is 18.4 Å². The molecule has 0 unspecified atom stereocenters. The third-order valence-electron chi connectivity index (χ3n) is 5.01. The van der Waals surface area contributed by atoms with E-state index in [-0.39, 0.29) is 17.7 Å². The molecule has 7 heteroatoms. The number of hydrogen-bond donors (Lipinski definition) is 2. The van der Waals surface area contributed by atoms with Crippen molar-refractivity contribution in [1.29, 1.82) is 0 Å². The summed E-state index contributed by atoms with van der Waals surface area (Å²) in [5, 5.41) is 4.59. The highest BCUT2D eigenvalue weighted by Gasteiger charge is 2.29. The molecule has 0 saturated carbocycles. The number of likely N-dealkylation sites (tertiary alicyclic amines) is 1. The number of fused-ring (bicyclic) bond motifs is 1. The van der Waals surface area contributed by atoms with Crippen molar-refractivity contribution in [3.8, 4) is 0 Å². The number of amides is 2. The van der Waals surface area contributed by atoms with Crippen molar-refractivity contribution >= 4 is 39.2 Å². The van der Waals surface area contributed by atoms with Gasteiger partial charge < -0.3 is 15.2 Å². The van der Waals surface area contributed by atoms with Crippen LogP contribution in [0.5, 0.6) is 0 Å². The Morgan fingerprint density at radius 2 is 2.22 bits per heavy atom. The fourth-order valence-electron chi connectivity index (χ4n) is 3.59. The summed E-state index contributed by atoms with van der Waals surface area (Å²) in [6.07, 6.45) is 5.64. The predicted octanol–water partition coefficient (Wildman–Crippen LogP) is 3.35. The van der Waals surface area contributed by atoms with E-state index < -0.39 is 0 Å². The van der Waals surface area contributed by atoms with E-state index in [0.29, 0.717) is 24.6 Å². The second kappa shape index (κ2) is 7.52. The first-order valence-electron chi connectivity index (χ1n) is 9.16. The summed E-state index contributed by atoms with van der Waals surface area (Å²) in [5.41, 5.74) is 2.04. The van der Waals surface area contributed by atoms with Gasteiger partial charge in [0.15, 0.2) is 5.13 Å². The topological polar surface area (TPSA) is 78.1 Å². The fourth-order valence-corrected chi connectivity index (χ4v) is 4.26. The molecule has 1 fully saturated rings. The van der Waals surface area contributed by atoms with E-state index in [2.05, 4.69) is 15.3 Å². The van der Waals surface area contributed by atoms with Crippen molar-refractivity contribution in [1.82, 2.24) is 14.9 Å². The highest BCUT2D eigenvalue weighted by molar-refractivity contribution is 7.15. The molecule has 1 saturated heterocycles. The van der Waals surface area contributed by atoms with Crippen LogP contribution in [-0.2, 0) is 16.0 Å². The van der Waals surface area contributed by atoms with Crippen LogP contribution in [0.15, 0.2) is 36.7 Å². The Labute approximate surface area is 161 Å². The van der Waals surface area contributed by atoms with Crippen molar-refractivity contribution in [3.63, 3.8) is 0 Å². The molecule has 0 aliphatic carbocycles. The van der Waals surface area contributed by atoms with Gasteiger partial charge in [0, 0.05) is 41.3 Å². The number of rotatable bonds is 4. The number of nitrogens with zero attached hydrogens (tertiary/aromatic N) is 2. The SMILES string of the molecule is Cc1cnc(NC(=O)[C@H]2CCCN(C(=O)Cc3c[nH]c4ccccc34)C2)s1. The largest absolute Gasteiger partial charge is 0.361 e. The molecule has 0 spiro atoms. The number of H-pyrrole nitrogens is 1. The third-order valence-corrected chi connectivity index (χ3v) is 5.84. The molecule has 2 amide bonds. The van der Waals surface area contributed by atoms with E-state index in [1.165, 1.54) is 11.3 Å². The number of carbonyl (C=O) groups excluding carboxylic acids is 2. The number of aromatic amines is 1. The lowest BCUT2D eigenvalue weighted by molar-refractivity contribution is -0.133. The van der Waals surface area contributed by atoms with Crippen LogP contribution in [0, 0.1) is 12.8 Å². The molecular formula is C20H22N4O2S. The number of anilines is 1. The number of piperidine rings is 1. The van der Waals surface area contributed by atoms with E-state index >= 15 is 0 Å². The monoisotopic (exact) mass is 382 g/mol. The van der Waals surface area contributed by atoms with Gasteiger partial charge in [-0.15, -0.1) is 11.3 Å². The van der Waals surface area contributed by atoms with Gasteiger partial charge in [-0.25, -0.2) is 4.98 Å². The third kappa shape index (κ3) is 3.88. The second-order valence-corrected chi connectivity index (χ2v) is 8.22. The molecule has 27 heavy (non-hydrogen) atoms. The normalized spacial score (nSPS) is 17.2. The molecular weight excluding hydrogens is 360 g/mol. The van der Waals surface area contributed by atoms with Crippen LogP contribution in [0.1, 0.15) is 23.3 Å². The average molecular weight is 382 g/mol. The fraction of sp³-hybridized carbons (Fsp3) is 0.350. The molecule has 2 N–H and O–H groups in total. The zero-order valence-electron chi connectivity index (χ0n) is 15.2. The summed E-state index contributed by atoms with van der Waals surface area (Å²) in [6, 6.07) is 7.98. The van der Waals surface area contributed by atoms with Crippen LogP contribution < -0.4 is 5.32 Å². The Kier molecular flexibility index (Phi) is 4.94. The lowest BCUT2D eigenvalue weighted by Gasteiger charge is -2.32. The first-order valence-corrected chi connectivity index (χ1v) is 9.98. The average Bonchev–Trinajstić information content (AvgIpc) is 3.28. The molecule has 140 valence electrons. The summed E-state index contributed by atoms with van der Waals surface area (Å²) in [7, 11) is 0. The summed E-state index contributed by atoms with van der Waals surface area (Å²) in [6.45, 7) is 3.14. The van der Waals surface area contributed by atoms with Crippen molar-refractivity contribution in [2.45, 2.75) is 26.2 Å². The summed E-state index contributed by atoms with van der Waals surface area (Å²) in [4.78, 5) is 35.6.